The molecule has 34 heavy (non-hydrogen) atoms. The van der Waals surface area contributed by atoms with E-state index in [1.165, 1.54) is 0 Å². The van der Waals surface area contributed by atoms with Crippen molar-refractivity contribution >= 4 is 26.2 Å². The smallest absolute Gasteiger partial charge is 0.357 e. The van der Waals surface area contributed by atoms with Crippen LogP contribution in [-0.4, -0.2) is 55.2 Å². The number of dihydropyridines is 1. The summed E-state index contributed by atoms with van der Waals surface area (Å²) in [4.78, 5) is 30.6. The highest BCUT2D eigenvalue weighted by atomic mass is 28.3. The Morgan fingerprint density at radius 3 is 2.47 bits per heavy atom. The number of aliphatic imine (C=N–C) groups is 1. The van der Waals surface area contributed by atoms with Gasteiger partial charge in [0.2, 0.25) is 5.60 Å². The van der Waals surface area contributed by atoms with Gasteiger partial charge in [-0.1, -0.05) is 31.8 Å². The van der Waals surface area contributed by atoms with E-state index in [1.54, 1.807) is 24.4 Å². The van der Waals surface area contributed by atoms with Crippen LogP contribution in [0.4, 0.5) is 0 Å². The average molecular weight is 487 g/mol. The molecule has 3 atom stereocenters. The number of fused-ring (bicyclic) bond motifs is 1. The molecule has 1 heterocycles. The van der Waals surface area contributed by atoms with E-state index in [9.17, 15) is 9.59 Å². The number of rotatable bonds is 6. The van der Waals surface area contributed by atoms with Crippen LogP contribution in [0.5, 0.6) is 5.75 Å². The molecule has 0 saturated carbocycles. The number of nitrogens with zero attached hydrogens (tertiary/aromatic N) is 1. The molecule has 186 valence electrons. The zero-order chi connectivity index (χ0) is 25.4. The lowest BCUT2D eigenvalue weighted by molar-refractivity contribution is -0.169. The Bertz CT molecular complexity index is 1010. The lowest BCUT2D eigenvalue weighted by Crippen LogP contribution is -2.55. The quantitative estimate of drug-likeness (QED) is 0.485. The van der Waals surface area contributed by atoms with Crippen molar-refractivity contribution in [2.45, 2.75) is 89.1 Å². The molecule has 0 radical (unpaired) electrons. The van der Waals surface area contributed by atoms with Crippen molar-refractivity contribution in [2.24, 2.45) is 10.7 Å². The van der Waals surface area contributed by atoms with Crippen LogP contribution in [0.25, 0.3) is 0 Å². The van der Waals surface area contributed by atoms with E-state index in [0.717, 1.165) is 11.1 Å². The van der Waals surface area contributed by atoms with Crippen LogP contribution in [0.3, 0.4) is 0 Å². The summed E-state index contributed by atoms with van der Waals surface area (Å²) in [7, 11) is -1.67. The highest BCUT2D eigenvalue weighted by Crippen LogP contribution is 2.37. The van der Waals surface area contributed by atoms with Crippen molar-refractivity contribution in [1.29, 1.82) is 0 Å². The van der Waals surface area contributed by atoms with Crippen molar-refractivity contribution in [3.63, 3.8) is 0 Å². The molecular formula is C26H38N2O5Si. The number of hydrogen-bond acceptors (Lipinski definition) is 7. The summed E-state index contributed by atoms with van der Waals surface area (Å²) in [6, 6.07) is 5.70. The van der Waals surface area contributed by atoms with Crippen LogP contribution < -0.4 is 10.5 Å². The van der Waals surface area contributed by atoms with E-state index < -0.39 is 30.8 Å². The fraction of sp³-hybridized carbons (Fsp3) is 0.577. The summed E-state index contributed by atoms with van der Waals surface area (Å²) in [6.45, 7) is 14.0. The molecule has 0 fully saturated rings. The van der Waals surface area contributed by atoms with Crippen molar-refractivity contribution in [2.75, 3.05) is 6.54 Å². The first kappa shape index (κ1) is 26.2. The van der Waals surface area contributed by atoms with Gasteiger partial charge in [0.15, 0.2) is 0 Å². The molecule has 1 aliphatic carbocycles. The molecule has 1 aromatic carbocycles. The minimum Gasteiger partial charge on any atom is -0.469 e. The molecule has 8 heteroatoms. The Morgan fingerprint density at radius 2 is 1.88 bits per heavy atom. The van der Waals surface area contributed by atoms with Gasteiger partial charge in [-0.25, -0.2) is 4.79 Å². The predicted molar refractivity (Wildman–Crippen MR) is 136 cm³/mol. The predicted octanol–water partition coefficient (Wildman–Crippen LogP) is 3.78. The maximum Gasteiger partial charge on any atom is 0.357 e. The number of hydrogen-bond donors (Lipinski definition) is 1. The normalized spacial score (nSPS) is 25.3. The molecule has 0 aromatic heterocycles. The Kier molecular flexibility index (Phi) is 7.16. The van der Waals surface area contributed by atoms with Crippen molar-refractivity contribution in [3.05, 3.63) is 41.5 Å². The average Bonchev–Trinajstić information content (AvgIpc) is 2.73. The fourth-order valence-electron chi connectivity index (χ4n) is 3.83. The summed E-state index contributed by atoms with van der Waals surface area (Å²) >= 11 is 0. The van der Waals surface area contributed by atoms with Gasteiger partial charge in [-0.15, -0.1) is 0 Å². The highest BCUT2D eigenvalue weighted by molar-refractivity contribution is 6.77. The lowest BCUT2D eigenvalue weighted by Gasteiger charge is -2.37. The van der Waals surface area contributed by atoms with Crippen LogP contribution >= 0.6 is 0 Å². The zero-order valence-corrected chi connectivity index (χ0v) is 22.4. The standard InChI is InChI=1S/C26H38N2O5Si/c1-18(34(5,6)7)31-22(29)25(27)14-12-19-10-8-11-21(20(19)16-25)32-26(13-9-15-28-17-26)23(30)33-24(2,3)4/h8-11,13,15,18H,12,14,16-17,27H2,1-7H3. The molecule has 3 unspecified atom stereocenters. The van der Waals surface area contributed by atoms with Crippen LogP contribution in [0.2, 0.25) is 19.6 Å². The summed E-state index contributed by atoms with van der Waals surface area (Å²) in [5.74, 6) is -0.388. The van der Waals surface area contributed by atoms with Crippen molar-refractivity contribution in [1.82, 2.24) is 0 Å². The van der Waals surface area contributed by atoms with E-state index in [0.29, 0.717) is 18.6 Å². The molecule has 0 spiro atoms. The minimum atomic E-state index is -1.67. The number of nitrogens with two attached hydrogens (primary N) is 1. The third-order valence-electron chi connectivity index (χ3n) is 6.39. The van der Waals surface area contributed by atoms with Crippen LogP contribution in [0.1, 0.15) is 45.2 Å². The summed E-state index contributed by atoms with van der Waals surface area (Å²) in [6.07, 6.45) is 6.37. The van der Waals surface area contributed by atoms with E-state index >= 15 is 0 Å². The van der Waals surface area contributed by atoms with E-state index in [4.69, 9.17) is 19.9 Å². The molecule has 2 N–H and O–H groups in total. The number of benzene rings is 1. The fourth-order valence-corrected chi connectivity index (χ4v) is 4.29. The maximum atomic E-state index is 13.2. The van der Waals surface area contributed by atoms with Crippen molar-refractivity contribution in [3.8, 4) is 5.75 Å². The van der Waals surface area contributed by atoms with E-state index in [1.807, 2.05) is 39.8 Å². The molecule has 1 aromatic rings. The summed E-state index contributed by atoms with van der Waals surface area (Å²) in [5, 5.41) is 0. The Hall–Kier alpha value is -2.45. The second-order valence-corrected chi connectivity index (χ2v) is 17.0. The van der Waals surface area contributed by atoms with Crippen LogP contribution in [0.15, 0.2) is 35.3 Å². The number of allylic oxidation sites excluding steroid dienone is 1. The summed E-state index contributed by atoms with van der Waals surface area (Å²) in [5.41, 5.74) is 5.14. The first-order valence-electron chi connectivity index (χ1n) is 11.9. The summed E-state index contributed by atoms with van der Waals surface area (Å²) < 4.78 is 17.9. The SMILES string of the molecule is CC(OC(=O)C1(N)CCc2cccc(OC3(C(=O)OC(C)(C)C)C=CC=NC3)c2C1)[Si](C)(C)C. The number of ether oxygens (including phenoxy) is 3. The third kappa shape index (κ3) is 5.78. The van der Waals surface area contributed by atoms with Gasteiger partial charge < -0.3 is 19.9 Å². The van der Waals surface area contributed by atoms with Gasteiger partial charge in [-0.3, -0.25) is 9.79 Å². The molecule has 2 aliphatic rings. The molecule has 0 saturated heterocycles. The van der Waals surface area contributed by atoms with Gasteiger partial charge in [0.25, 0.3) is 0 Å². The molecular weight excluding hydrogens is 448 g/mol. The second-order valence-electron chi connectivity index (χ2n) is 11.5. The van der Waals surface area contributed by atoms with Crippen molar-refractivity contribution < 1.29 is 23.8 Å². The maximum absolute atomic E-state index is 13.2. The van der Waals surface area contributed by atoms with Gasteiger partial charge in [0, 0.05) is 12.6 Å². The Morgan fingerprint density at radius 1 is 1.18 bits per heavy atom. The Labute approximate surface area is 203 Å². The zero-order valence-electron chi connectivity index (χ0n) is 21.4. The number of carbonyl (C=O) groups is 2. The van der Waals surface area contributed by atoms with Crippen LogP contribution in [-0.2, 0) is 31.9 Å². The second kappa shape index (κ2) is 9.30. The minimum absolute atomic E-state index is 0.103. The first-order valence-corrected chi connectivity index (χ1v) is 15.4. The highest BCUT2D eigenvalue weighted by Gasteiger charge is 2.46. The molecule has 0 amide bonds. The largest absolute Gasteiger partial charge is 0.469 e. The molecule has 0 bridgehead atoms. The monoisotopic (exact) mass is 486 g/mol. The van der Waals surface area contributed by atoms with Gasteiger partial charge in [0.05, 0.1) is 20.3 Å². The van der Waals surface area contributed by atoms with Gasteiger partial charge in [0.1, 0.15) is 16.9 Å². The van der Waals surface area contributed by atoms with Gasteiger partial charge >= 0.3 is 11.9 Å². The topological polar surface area (TPSA) is 100 Å². The van der Waals surface area contributed by atoms with E-state index in [2.05, 4.69) is 24.6 Å². The third-order valence-corrected chi connectivity index (χ3v) is 8.95. The number of aryl methyl sites for hydroxylation is 1. The number of carbonyl (C=O) groups excluding carboxylic acids is 2. The van der Waals surface area contributed by atoms with E-state index in [-0.39, 0.29) is 24.7 Å². The van der Waals surface area contributed by atoms with Gasteiger partial charge in [-0.05, 0) is 69.9 Å². The number of esters is 2. The first-order chi connectivity index (χ1) is 15.7. The van der Waals surface area contributed by atoms with Crippen LogP contribution in [0, 0.1) is 0 Å². The molecule has 7 nitrogen and oxygen atoms in total. The molecule has 3 rings (SSSR count). The Balaban J connectivity index is 1.90. The molecule has 1 aliphatic heterocycles. The van der Waals surface area contributed by atoms with Gasteiger partial charge in [-0.2, -0.15) is 0 Å². The lowest BCUT2D eigenvalue weighted by atomic mass is 9.78.